The van der Waals surface area contributed by atoms with Gasteiger partial charge in [0.1, 0.15) is 11.5 Å². The first-order valence-electron chi connectivity index (χ1n) is 12.2. The Bertz CT molecular complexity index is 1140. The summed E-state index contributed by atoms with van der Waals surface area (Å²) < 4.78 is 16.4. The number of hydrogen-bond acceptors (Lipinski definition) is 7. The van der Waals surface area contributed by atoms with Crippen molar-refractivity contribution in [2.75, 3.05) is 33.5 Å². The first-order valence-corrected chi connectivity index (χ1v) is 12.2. The highest BCUT2D eigenvalue weighted by atomic mass is 16.5. The van der Waals surface area contributed by atoms with Crippen LogP contribution in [0.4, 0.5) is 0 Å². The SMILES string of the molecule is CCOc1cc([C@H]2C(=C(O)c3ccc(OCC(C)C)cc3C)C(=O)C(=O)N2CCCOC)ccc1O. The maximum absolute atomic E-state index is 13.2. The van der Waals surface area contributed by atoms with Crippen LogP contribution >= 0.6 is 0 Å². The zero-order chi connectivity index (χ0) is 26.4. The predicted molar refractivity (Wildman–Crippen MR) is 136 cm³/mol. The number of ketones is 1. The van der Waals surface area contributed by atoms with Gasteiger partial charge in [-0.05, 0) is 67.6 Å². The minimum absolute atomic E-state index is 0.00972. The highest BCUT2D eigenvalue weighted by Crippen LogP contribution is 2.42. The molecule has 0 saturated carbocycles. The van der Waals surface area contributed by atoms with Crippen molar-refractivity contribution in [3.8, 4) is 17.2 Å². The van der Waals surface area contributed by atoms with Gasteiger partial charge in [0.05, 0.1) is 24.8 Å². The molecule has 36 heavy (non-hydrogen) atoms. The normalized spacial score (nSPS) is 17.2. The number of carbonyl (C=O) groups is 2. The van der Waals surface area contributed by atoms with Crippen molar-refractivity contribution >= 4 is 17.4 Å². The molecule has 194 valence electrons. The number of methoxy groups -OCH3 is 1. The van der Waals surface area contributed by atoms with Crippen molar-refractivity contribution < 1.29 is 34.0 Å². The lowest BCUT2D eigenvalue weighted by atomic mass is 9.93. The maximum atomic E-state index is 13.2. The van der Waals surface area contributed by atoms with E-state index in [9.17, 15) is 19.8 Å². The van der Waals surface area contributed by atoms with Gasteiger partial charge in [-0.2, -0.15) is 0 Å². The summed E-state index contributed by atoms with van der Waals surface area (Å²) in [5, 5.41) is 21.6. The molecule has 1 aliphatic rings. The Morgan fingerprint density at radius 2 is 1.86 bits per heavy atom. The number of aliphatic hydroxyl groups is 1. The largest absolute Gasteiger partial charge is 0.507 e. The molecule has 0 aliphatic carbocycles. The van der Waals surface area contributed by atoms with Crippen molar-refractivity contribution in [3.05, 3.63) is 58.7 Å². The molecule has 0 spiro atoms. The number of aromatic hydroxyl groups is 1. The van der Waals surface area contributed by atoms with Gasteiger partial charge in [-0.25, -0.2) is 0 Å². The van der Waals surface area contributed by atoms with E-state index in [1.54, 1.807) is 44.4 Å². The van der Waals surface area contributed by atoms with Crippen LogP contribution in [0.15, 0.2) is 42.0 Å². The molecule has 0 bridgehead atoms. The maximum Gasteiger partial charge on any atom is 0.295 e. The third-order valence-electron chi connectivity index (χ3n) is 5.92. The molecule has 2 N–H and O–H groups in total. The van der Waals surface area contributed by atoms with E-state index in [1.165, 1.54) is 11.0 Å². The molecule has 8 nitrogen and oxygen atoms in total. The zero-order valence-electron chi connectivity index (χ0n) is 21.5. The van der Waals surface area contributed by atoms with Gasteiger partial charge in [-0.15, -0.1) is 0 Å². The Morgan fingerprint density at radius 1 is 1.11 bits per heavy atom. The van der Waals surface area contributed by atoms with Gasteiger partial charge in [0.25, 0.3) is 11.7 Å². The molecule has 2 aromatic carbocycles. The van der Waals surface area contributed by atoms with Gasteiger partial charge in [0.2, 0.25) is 0 Å². The summed E-state index contributed by atoms with van der Waals surface area (Å²) in [5.41, 5.74) is 1.68. The second kappa shape index (κ2) is 11.9. The van der Waals surface area contributed by atoms with E-state index in [4.69, 9.17) is 14.2 Å². The number of benzene rings is 2. The number of nitrogens with zero attached hydrogens (tertiary/aromatic N) is 1. The number of Topliss-reactive ketones (excluding diaryl/α,β-unsaturated/α-hetero) is 1. The predicted octanol–water partition coefficient (Wildman–Crippen LogP) is 4.59. The number of phenolic OH excluding ortho intramolecular Hbond substituents is 1. The molecule has 8 heteroatoms. The number of ether oxygens (including phenoxy) is 3. The minimum Gasteiger partial charge on any atom is -0.507 e. The Balaban J connectivity index is 2.11. The lowest BCUT2D eigenvalue weighted by molar-refractivity contribution is -0.140. The van der Waals surface area contributed by atoms with Crippen molar-refractivity contribution in [2.24, 2.45) is 5.92 Å². The van der Waals surface area contributed by atoms with Gasteiger partial charge in [-0.1, -0.05) is 19.9 Å². The Labute approximate surface area is 212 Å². The monoisotopic (exact) mass is 497 g/mol. The molecule has 1 fully saturated rings. The van der Waals surface area contributed by atoms with E-state index in [2.05, 4.69) is 13.8 Å². The van der Waals surface area contributed by atoms with E-state index < -0.39 is 17.7 Å². The van der Waals surface area contributed by atoms with Gasteiger partial charge in [0, 0.05) is 25.8 Å². The summed E-state index contributed by atoms with van der Waals surface area (Å²) in [7, 11) is 1.57. The molecular formula is C28H35NO7. The second-order valence-corrected chi connectivity index (χ2v) is 9.18. The molecule has 1 amide bonds. The van der Waals surface area contributed by atoms with E-state index in [0.29, 0.717) is 54.6 Å². The van der Waals surface area contributed by atoms with Crippen LogP contribution in [0.2, 0.25) is 0 Å². The van der Waals surface area contributed by atoms with Crippen molar-refractivity contribution in [1.82, 2.24) is 4.90 Å². The first kappa shape index (κ1) is 27.1. The topological polar surface area (TPSA) is 106 Å². The number of hydrogen-bond donors (Lipinski definition) is 2. The Hall–Kier alpha value is -3.52. The molecule has 1 saturated heterocycles. The number of likely N-dealkylation sites (tertiary alicyclic amines) is 1. The van der Waals surface area contributed by atoms with Crippen molar-refractivity contribution in [3.63, 3.8) is 0 Å². The van der Waals surface area contributed by atoms with Crippen LogP contribution in [0, 0.1) is 12.8 Å². The molecule has 0 radical (unpaired) electrons. The number of phenols is 1. The van der Waals surface area contributed by atoms with Gasteiger partial charge in [0.15, 0.2) is 11.5 Å². The van der Waals surface area contributed by atoms with Gasteiger partial charge in [-0.3, -0.25) is 9.59 Å². The number of carbonyl (C=O) groups excluding carboxylic acids is 2. The summed E-state index contributed by atoms with van der Waals surface area (Å²) >= 11 is 0. The Kier molecular flexibility index (Phi) is 8.98. The van der Waals surface area contributed by atoms with Crippen LogP contribution in [-0.4, -0.2) is 60.3 Å². The molecule has 3 rings (SSSR count). The molecule has 0 aromatic heterocycles. The fraction of sp³-hybridized carbons (Fsp3) is 0.429. The summed E-state index contributed by atoms with van der Waals surface area (Å²) in [6, 6.07) is 9.07. The number of rotatable bonds is 11. The van der Waals surface area contributed by atoms with Crippen LogP contribution in [0.25, 0.3) is 5.76 Å². The average Bonchev–Trinajstić information content (AvgIpc) is 3.09. The van der Waals surface area contributed by atoms with Gasteiger partial charge >= 0.3 is 0 Å². The van der Waals surface area contributed by atoms with Crippen LogP contribution in [0.3, 0.4) is 0 Å². The van der Waals surface area contributed by atoms with Crippen LogP contribution in [-0.2, 0) is 14.3 Å². The second-order valence-electron chi connectivity index (χ2n) is 9.18. The first-order chi connectivity index (χ1) is 17.2. The van der Waals surface area contributed by atoms with E-state index in [0.717, 1.165) is 0 Å². The van der Waals surface area contributed by atoms with Crippen LogP contribution in [0.1, 0.15) is 49.9 Å². The molecular weight excluding hydrogens is 462 g/mol. The number of aliphatic hydroxyl groups excluding tert-OH is 1. The number of aryl methyl sites for hydroxylation is 1. The fourth-order valence-corrected chi connectivity index (χ4v) is 4.21. The van der Waals surface area contributed by atoms with Crippen LogP contribution in [0.5, 0.6) is 17.2 Å². The molecule has 2 aromatic rings. The lowest BCUT2D eigenvalue weighted by Gasteiger charge is -2.26. The molecule has 1 atom stereocenters. The summed E-state index contributed by atoms with van der Waals surface area (Å²) in [4.78, 5) is 27.8. The third-order valence-corrected chi connectivity index (χ3v) is 5.92. The van der Waals surface area contributed by atoms with Crippen molar-refractivity contribution in [2.45, 2.75) is 40.2 Å². The van der Waals surface area contributed by atoms with E-state index in [1.807, 2.05) is 6.92 Å². The average molecular weight is 498 g/mol. The number of amides is 1. The molecule has 1 heterocycles. The van der Waals surface area contributed by atoms with Crippen LogP contribution < -0.4 is 9.47 Å². The third kappa shape index (κ3) is 5.82. The zero-order valence-corrected chi connectivity index (χ0v) is 21.5. The quantitative estimate of drug-likeness (QED) is 0.202. The summed E-state index contributed by atoms with van der Waals surface area (Å²) in [6.07, 6.45) is 0.511. The van der Waals surface area contributed by atoms with E-state index >= 15 is 0 Å². The highest BCUT2D eigenvalue weighted by Gasteiger charge is 2.46. The fourth-order valence-electron chi connectivity index (χ4n) is 4.21. The minimum atomic E-state index is -0.849. The van der Waals surface area contributed by atoms with Gasteiger partial charge < -0.3 is 29.3 Å². The Morgan fingerprint density at radius 3 is 2.50 bits per heavy atom. The summed E-state index contributed by atoms with van der Waals surface area (Å²) in [6.45, 7) is 9.26. The molecule has 0 unspecified atom stereocenters. The smallest absolute Gasteiger partial charge is 0.295 e. The lowest BCUT2D eigenvalue weighted by Crippen LogP contribution is -2.31. The molecule has 1 aliphatic heterocycles. The highest BCUT2D eigenvalue weighted by molar-refractivity contribution is 6.46. The summed E-state index contributed by atoms with van der Waals surface area (Å²) in [5.74, 6) is -0.510. The van der Waals surface area contributed by atoms with Crippen molar-refractivity contribution in [1.29, 1.82) is 0 Å². The standard InChI is InChI=1S/C28H35NO7/c1-6-35-23-15-19(8-11-22(23)30)25-24(27(32)28(33)29(25)12-7-13-34-5)26(31)21-10-9-20(14-18(21)4)36-16-17(2)3/h8-11,14-15,17,25,30-31H,6-7,12-13,16H2,1-5H3/t25-/m0/s1. The van der Waals surface area contributed by atoms with E-state index in [-0.39, 0.29) is 29.4 Å².